The first-order valence-corrected chi connectivity index (χ1v) is 6.58. The Hall–Kier alpha value is -1.50. The first kappa shape index (κ1) is 13.9. The van der Waals surface area contributed by atoms with Gasteiger partial charge >= 0.3 is 0 Å². The Morgan fingerprint density at radius 1 is 1.16 bits per heavy atom. The maximum absolute atomic E-state index is 13.5. The number of rotatable bonds is 2. The Kier molecular flexibility index (Phi) is 4.14. The van der Waals surface area contributed by atoms with E-state index in [-0.39, 0.29) is 5.69 Å². The molecule has 0 heterocycles. The van der Waals surface area contributed by atoms with Gasteiger partial charge in [0.15, 0.2) is 0 Å². The van der Waals surface area contributed by atoms with Crippen molar-refractivity contribution in [3.63, 3.8) is 0 Å². The minimum absolute atomic E-state index is 0.116. The number of hydrogen-bond donors (Lipinski definition) is 1. The highest BCUT2D eigenvalue weighted by atomic mass is 127. The number of hydrogen-bond acceptors (Lipinski definition) is 1. The molecule has 0 radical (unpaired) electrons. The molecule has 0 unspecified atom stereocenters. The van der Waals surface area contributed by atoms with Crippen molar-refractivity contribution in [2.75, 3.05) is 5.32 Å². The van der Waals surface area contributed by atoms with Crippen molar-refractivity contribution in [1.29, 1.82) is 0 Å². The highest BCUT2D eigenvalue weighted by Gasteiger charge is 2.13. The molecule has 2 nitrogen and oxygen atoms in total. The Labute approximate surface area is 123 Å². The zero-order valence-electron chi connectivity index (χ0n) is 10.0. The van der Waals surface area contributed by atoms with Crippen LogP contribution in [0, 0.1) is 22.1 Å². The molecule has 0 aliphatic rings. The van der Waals surface area contributed by atoms with Gasteiger partial charge in [-0.25, -0.2) is 8.78 Å². The van der Waals surface area contributed by atoms with Crippen molar-refractivity contribution in [2.45, 2.75) is 6.92 Å². The molecule has 0 saturated carbocycles. The van der Waals surface area contributed by atoms with E-state index >= 15 is 0 Å². The van der Waals surface area contributed by atoms with Gasteiger partial charge in [0.05, 0.1) is 11.3 Å². The first-order valence-electron chi connectivity index (χ1n) is 5.50. The molecule has 0 fully saturated rings. The zero-order chi connectivity index (χ0) is 14.0. The lowest BCUT2D eigenvalue weighted by atomic mass is 10.2. The van der Waals surface area contributed by atoms with E-state index in [9.17, 15) is 13.6 Å². The molecule has 0 aromatic heterocycles. The Morgan fingerprint density at radius 2 is 1.89 bits per heavy atom. The van der Waals surface area contributed by atoms with Gasteiger partial charge in [0.2, 0.25) is 0 Å². The number of carbonyl (C=O) groups excluding carboxylic acids is 1. The fourth-order valence-corrected chi connectivity index (χ4v) is 2.32. The third kappa shape index (κ3) is 3.28. The molecular weight excluding hydrogens is 363 g/mol. The van der Waals surface area contributed by atoms with Crippen molar-refractivity contribution in [1.82, 2.24) is 0 Å². The highest BCUT2D eigenvalue weighted by Crippen LogP contribution is 2.19. The number of carbonyl (C=O) groups is 1. The summed E-state index contributed by atoms with van der Waals surface area (Å²) >= 11 is 1.86. The average molecular weight is 373 g/mol. The first-order chi connectivity index (χ1) is 8.97. The normalized spacial score (nSPS) is 10.3. The van der Waals surface area contributed by atoms with Gasteiger partial charge in [-0.05, 0) is 65.4 Å². The van der Waals surface area contributed by atoms with Crippen LogP contribution in [0.15, 0.2) is 36.4 Å². The molecule has 1 amide bonds. The minimum Gasteiger partial charge on any atom is -0.319 e. The molecular formula is C14H10F2INO. The van der Waals surface area contributed by atoms with Crippen molar-refractivity contribution in [2.24, 2.45) is 0 Å². The van der Waals surface area contributed by atoms with Crippen LogP contribution in [0.1, 0.15) is 15.9 Å². The largest absolute Gasteiger partial charge is 0.319 e. The molecule has 0 saturated heterocycles. The number of halogens is 3. The number of anilines is 1. The molecule has 1 N–H and O–H groups in total. The molecule has 5 heteroatoms. The number of nitrogens with one attached hydrogen (secondary N) is 1. The third-order valence-electron chi connectivity index (χ3n) is 2.55. The summed E-state index contributed by atoms with van der Waals surface area (Å²) in [4.78, 5) is 12.0. The van der Waals surface area contributed by atoms with Gasteiger partial charge in [0.1, 0.15) is 11.6 Å². The molecule has 0 bridgehead atoms. The van der Waals surface area contributed by atoms with Crippen LogP contribution in [0.4, 0.5) is 14.5 Å². The van der Waals surface area contributed by atoms with Crippen LogP contribution in [0.25, 0.3) is 0 Å². The van der Waals surface area contributed by atoms with Gasteiger partial charge in [-0.3, -0.25) is 4.79 Å². The summed E-state index contributed by atoms with van der Waals surface area (Å²) in [6, 6.07) is 8.28. The Balaban J connectivity index is 2.28. The molecule has 2 aromatic carbocycles. The van der Waals surface area contributed by atoms with E-state index < -0.39 is 17.5 Å². The van der Waals surface area contributed by atoms with Crippen LogP contribution in [0.5, 0.6) is 0 Å². The standard InChI is InChI=1S/C14H10F2INO/c1-8-2-5-11(16)13(6-8)18-14(19)10-4-3-9(15)7-12(10)17/h2-7H,1H3,(H,18,19). The fraction of sp³-hybridized carbons (Fsp3) is 0.0714. The molecule has 2 rings (SSSR count). The Morgan fingerprint density at radius 3 is 2.58 bits per heavy atom. The summed E-state index contributed by atoms with van der Waals surface area (Å²) in [6.45, 7) is 1.80. The summed E-state index contributed by atoms with van der Waals surface area (Å²) < 4.78 is 27.0. The van der Waals surface area contributed by atoms with Gasteiger partial charge in [-0.2, -0.15) is 0 Å². The van der Waals surface area contributed by atoms with Gasteiger partial charge in [-0.1, -0.05) is 6.07 Å². The van der Waals surface area contributed by atoms with Gasteiger partial charge in [0.25, 0.3) is 5.91 Å². The lowest BCUT2D eigenvalue weighted by Gasteiger charge is -2.08. The van der Waals surface area contributed by atoms with Gasteiger partial charge in [-0.15, -0.1) is 0 Å². The highest BCUT2D eigenvalue weighted by molar-refractivity contribution is 14.1. The number of amides is 1. The van der Waals surface area contributed by atoms with Crippen molar-refractivity contribution < 1.29 is 13.6 Å². The Bertz CT molecular complexity index is 643. The smallest absolute Gasteiger partial charge is 0.256 e. The van der Waals surface area contributed by atoms with E-state index in [1.165, 1.54) is 24.3 Å². The summed E-state index contributed by atoms with van der Waals surface area (Å²) in [5.41, 5.74) is 1.26. The quantitative estimate of drug-likeness (QED) is 0.789. The monoisotopic (exact) mass is 373 g/mol. The van der Waals surface area contributed by atoms with Gasteiger partial charge in [0, 0.05) is 3.57 Å². The van der Waals surface area contributed by atoms with Crippen molar-refractivity contribution >= 4 is 34.2 Å². The van der Waals surface area contributed by atoms with E-state index in [1.54, 1.807) is 19.1 Å². The molecule has 19 heavy (non-hydrogen) atoms. The number of aryl methyl sites for hydroxylation is 1. The lowest BCUT2D eigenvalue weighted by Crippen LogP contribution is -2.14. The van der Waals surface area contributed by atoms with Crippen LogP contribution < -0.4 is 5.32 Å². The topological polar surface area (TPSA) is 29.1 Å². The summed E-state index contributed by atoms with van der Waals surface area (Å²) in [6.07, 6.45) is 0. The summed E-state index contributed by atoms with van der Waals surface area (Å²) in [7, 11) is 0. The molecule has 0 spiro atoms. The lowest BCUT2D eigenvalue weighted by molar-refractivity contribution is 0.102. The summed E-state index contributed by atoms with van der Waals surface area (Å²) in [5, 5.41) is 2.49. The second-order valence-electron chi connectivity index (χ2n) is 4.06. The number of benzene rings is 2. The van der Waals surface area contributed by atoms with E-state index in [2.05, 4.69) is 5.32 Å². The molecule has 0 aliphatic heterocycles. The van der Waals surface area contributed by atoms with Crippen molar-refractivity contribution in [3.05, 3.63) is 62.7 Å². The second-order valence-corrected chi connectivity index (χ2v) is 5.22. The van der Waals surface area contributed by atoms with E-state index in [1.807, 2.05) is 22.6 Å². The van der Waals surface area contributed by atoms with Crippen LogP contribution in [0.2, 0.25) is 0 Å². The molecule has 98 valence electrons. The maximum atomic E-state index is 13.5. The second kappa shape index (κ2) is 5.64. The third-order valence-corrected chi connectivity index (χ3v) is 3.44. The van der Waals surface area contributed by atoms with E-state index in [0.717, 1.165) is 5.56 Å². The van der Waals surface area contributed by atoms with Crippen LogP contribution in [0.3, 0.4) is 0 Å². The predicted molar refractivity (Wildman–Crippen MR) is 78.2 cm³/mol. The van der Waals surface area contributed by atoms with Gasteiger partial charge < -0.3 is 5.32 Å². The summed E-state index contributed by atoms with van der Waals surface area (Å²) in [5.74, 6) is -1.38. The molecule has 2 aromatic rings. The predicted octanol–water partition coefficient (Wildman–Crippen LogP) is 4.13. The average Bonchev–Trinajstić information content (AvgIpc) is 2.33. The van der Waals surface area contributed by atoms with E-state index in [0.29, 0.717) is 9.13 Å². The van der Waals surface area contributed by atoms with Crippen LogP contribution in [-0.2, 0) is 0 Å². The van der Waals surface area contributed by atoms with Crippen LogP contribution in [-0.4, -0.2) is 5.91 Å². The maximum Gasteiger partial charge on any atom is 0.256 e. The fourth-order valence-electron chi connectivity index (χ4n) is 1.60. The zero-order valence-corrected chi connectivity index (χ0v) is 12.2. The molecule has 0 aliphatic carbocycles. The van der Waals surface area contributed by atoms with Crippen molar-refractivity contribution in [3.8, 4) is 0 Å². The van der Waals surface area contributed by atoms with E-state index in [4.69, 9.17) is 0 Å². The molecule has 0 atom stereocenters. The SMILES string of the molecule is Cc1ccc(F)c(NC(=O)c2ccc(F)cc2I)c1. The minimum atomic E-state index is -0.504. The van der Waals surface area contributed by atoms with Crippen LogP contribution >= 0.6 is 22.6 Å².